The first-order chi connectivity index (χ1) is 6.51. The molecule has 2 bridgehead atoms. The molecule has 5 atom stereocenters. The molecule has 0 amide bonds. The summed E-state index contributed by atoms with van der Waals surface area (Å²) in [5.74, 6) is -2.15. The Morgan fingerprint density at radius 1 is 1.43 bits per heavy atom. The lowest BCUT2D eigenvalue weighted by atomic mass is 9.77. The van der Waals surface area contributed by atoms with Crippen LogP contribution in [0, 0.1) is 11.8 Å². The molecule has 3 aliphatic rings. The van der Waals surface area contributed by atoms with Crippen LogP contribution in [0.1, 0.15) is 13.3 Å². The molecule has 0 unspecified atom stereocenters. The molecule has 2 nitrogen and oxygen atoms in total. The predicted octanol–water partition coefficient (Wildman–Crippen LogP) is 1.55. The number of hydrogen-bond acceptors (Lipinski definition) is 2. The third kappa shape index (κ3) is 0.553. The van der Waals surface area contributed by atoms with Gasteiger partial charge in [-0.15, -0.1) is 0 Å². The highest BCUT2D eigenvalue weighted by Crippen LogP contribution is 2.62. The van der Waals surface area contributed by atoms with E-state index in [1.54, 1.807) is 12.2 Å². The molecule has 2 fully saturated rings. The largest absolute Gasteiger partial charge is 0.457 e. The number of carbonyl (C=O) groups excluding carboxylic acids is 1. The molecule has 0 aromatic heterocycles. The van der Waals surface area contributed by atoms with Crippen molar-refractivity contribution in [2.24, 2.45) is 11.8 Å². The van der Waals surface area contributed by atoms with Crippen molar-refractivity contribution in [1.82, 2.24) is 0 Å². The van der Waals surface area contributed by atoms with Gasteiger partial charge in [0.15, 0.2) is 5.67 Å². The third-order valence-electron chi connectivity index (χ3n) is 3.86. The zero-order valence-electron chi connectivity index (χ0n) is 7.67. The van der Waals surface area contributed by atoms with Gasteiger partial charge < -0.3 is 4.74 Å². The van der Waals surface area contributed by atoms with E-state index in [2.05, 4.69) is 4.74 Å². The normalized spacial score (nSPS) is 59.1. The van der Waals surface area contributed by atoms with Gasteiger partial charge in [0.25, 0.3) is 5.67 Å². The molecule has 1 heterocycles. The van der Waals surface area contributed by atoms with Gasteiger partial charge in [-0.1, -0.05) is 12.2 Å². The van der Waals surface area contributed by atoms with Gasteiger partial charge in [0, 0.05) is 11.8 Å². The number of cyclic esters (lactones) is 1. The van der Waals surface area contributed by atoms with Gasteiger partial charge in [0.05, 0.1) is 0 Å². The molecule has 1 saturated heterocycles. The summed E-state index contributed by atoms with van der Waals surface area (Å²) >= 11 is 0. The topological polar surface area (TPSA) is 26.3 Å². The Hall–Kier alpha value is -0.930. The summed E-state index contributed by atoms with van der Waals surface area (Å²) in [6.45, 7) is 1.42. The highest BCUT2D eigenvalue weighted by molar-refractivity contribution is 5.86. The molecular formula is C10H10F2O2. The number of fused-ring (bicyclic) bond motifs is 5. The molecule has 14 heavy (non-hydrogen) atoms. The number of ether oxygens (including phenoxy) is 1. The Labute approximate surface area is 79.9 Å². The van der Waals surface area contributed by atoms with Crippen molar-refractivity contribution in [2.75, 3.05) is 0 Å². The molecule has 2 aliphatic carbocycles. The van der Waals surface area contributed by atoms with Crippen LogP contribution in [0.4, 0.5) is 8.78 Å². The highest BCUT2D eigenvalue weighted by Gasteiger charge is 2.79. The third-order valence-corrected chi connectivity index (χ3v) is 3.86. The second-order valence-electron chi connectivity index (χ2n) is 4.36. The van der Waals surface area contributed by atoms with Crippen LogP contribution in [0.3, 0.4) is 0 Å². The van der Waals surface area contributed by atoms with E-state index in [0.717, 1.165) is 0 Å². The fourth-order valence-electron chi connectivity index (χ4n) is 3.10. The molecule has 4 heteroatoms. The number of alkyl halides is 2. The summed E-state index contributed by atoms with van der Waals surface area (Å²) in [7, 11) is 0. The van der Waals surface area contributed by atoms with Gasteiger partial charge in [0.2, 0.25) is 0 Å². The molecular weight excluding hydrogens is 190 g/mol. The highest BCUT2D eigenvalue weighted by atomic mass is 19.2. The van der Waals surface area contributed by atoms with E-state index in [4.69, 9.17) is 0 Å². The van der Waals surface area contributed by atoms with Crippen molar-refractivity contribution in [3.05, 3.63) is 12.2 Å². The molecule has 0 N–H and O–H groups in total. The quantitative estimate of drug-likeness (QED) is 0.438. The van der Waals surface area contributed by atoms with Gasteiger partial charge in [-0.05, 0) is 13.3 Å². The molecule has 0 radical (unpaired) electrons. The van der Waals surface area contributed by atoms with Crippen molar-refractivity contribution in [3.8, 4) is 0 Å². The molecule has 1 saturated carbocycles. The van der Waals surface area contributed by atoms with E-state index in [-0.39, 0.29) is 0 Å². The maximum Gasteiger partial charge on any atom is 0.348 e. The minimum Gasteiger partial charge on any atom is -0.457 e. The van der Waals surface area contributed by atoms with Gasteiger partial charge in [0.1, 0.15) is 6.10 Å². The van der Waals surface area contributed by atoms with Crippen molar-refractivity contribution in [1.29, 1.82) is 0 Å². The summed E-state index contributed by atoms with van der Waals surface area (Å²) in [6, 6.07) is 0. The van der Waals surface area contributed by atoms with Crippen LogP contribution in [0.5, 0.6) is 0 Å². The molecule has 1 aliphatic heterocycles. The first-order valence-electron chi connectivity index (χ1n) is 4.78. The second kappa shape index (κ2) is 2.02. The van der Waals surface area contributed by atoms with E-state index in [9.17, 15) is 13.6 Å². The zero-order chi connectivity index (χ0) is 10.1. The average Bonchev–Trinajstić information content (AvgIpc) is 2.73. The van der Waals surface area contributed by atoms with Crippen molar-refractivity contribution in [3.63, 3.8) is 0 Å². The number of allylic oxidation sites excluding steroid dienone is 2. The zero-order valence-corrected chi connectivity index (χ0v) is 7.67. The average molecular weight is 200 g/mol. The lowest BCUT2D eigenvalue weighted by Crippen LogP contribution is -2.53. The number of carbonyl (C=O) groups is 1. The van der Waals surface area contributed by atoms with E-state index in [1.807, 2.05) is 0 Å². The summed E-state index contributed by atoms with van der Waals surface area (Å²) < 4.78 is 33.5. The Morgan fingerprint density at radius 2 is 2.07 bits per heavy atom. The van der Waals surface area contributed by atoms with Crippen LogP contribution in [-0.2, 0) is 9.53 Å². The number of rotatable bonds is 0. The molecule has 0 spiro atoms. The number of esters is 1. The van der Waals surface area contributed by atoms with E-state index in [0.29, 0.717) is 6.42 Å². The SMILES string of the molecule is C[C@@H]1OC(=O)[C@@]2(F)[C@@H]3C=C[C@@H](C3)[C@@]12F. The number of hydrogen-bond donors (Lipinski definition) is 0. The lowest BCUT2D eigenvalue weighted by molar-refractivity contribution is -0.151. The summed E-state index contributed by atoms with van der Waals surface area (Å²) in [5.41, 5.74) is -4.56. The van der Waals surface area contributed by atoms with Gasteiger partial charge in [-0.25, -0.2) is 13.6 Å². The fourth-order valence-corrected chi connectivity index (χ4v) is 3.10. The molecule has 0 aromatic carbocycles. The van der Waals surface area contributed by atoms with Crippen LogP contribution in [0.15, 0.2) is 12.2 Å². The van der Waals surface area contributed by atoms with E-state index in [1.165, 1.54) is 6.92 Å². The van der Waals surface area contributed by atoms with E-state index < -0.39 is 35.2 Å². The molecule has 0 aromatic rings. The minimum atomic E-state index is -2.42. The van der Waals surface area contributed by atoms with Crippen LogP contribution in [-0.4, -0.2) is 23.4 Å². The van der Waals surface area contributed by atoms with Crippen LogP contribution < -0.4 is 0 Å². The predicted molar refractivity (Wildman–Crippen MR) is 44.0 cm³/mol. The van der Waals surface area contributed by atoms with Crippen molar-refractivity contribution < 1.29 is 18.3 Å². The van der Waals surface area contributed by atoms with Crippen molar-refractivity contribution in [2.45, 2.75) is 30.8 Å². The molecule has 3 rings (SSSR count). The first kappa shape index (κ1) is 8.38. The van der Waals surface area contributed by atoms with Crippen LogP contribution in [0.2, 0.25) is 0 Å². The minimum absolute atomic E-state index is 0.395. The smallest absolute Gasteiger partial charge is 0.348 e. The molecule has 76 valence electrons. The summed E-state index contributed by atoms with van der Waals surface area (Å²) in [5, 5.41) is 0. The first-order valence-corrected chi connectivity index (χ1v) is 4.78. The van der Waals surface area contributed by atoms with Crippen LogP contribution >= 0.6 is 0 Å². The second-order valence-corrected chi connectivity index (χ2v) is 4.36. The Kier molecular flexibility index (Phi) is 1.21. The Balaban J connectivity index is 2.21. The summed E-state index contributed by atoms with van der Waals surface area (Å²) in [4.78, 5) is 11.3. The fraction of sp³-hybridized carbons (Fsp3) is 0.700. The van der Waals surface area contributed by atoms with Gasteiger partial charge in [-0.3, -0.25) is 0 Å². The van der Waals surface area contributed by atoms with Gasteiger partial charge >= 0.3 is 5.97 Å². The maximum atomic E-state index is 14.4. The maximum absolute atomic E-state index is 14.4. The number of halogens is 2. The summed E-state index contributed by atoms with van der Waals surface area (Å²) in [6.07, 6.45) is 2.69. The standard InChI is InChI=1S/C10H10F2O2/c1-5-9(11)6-2-3-7(4-6)10(9,12)8(13)14-5/h2-3,5-7H,4H2,1H3/t5-,6-,7+,9-,10-/m0/s1. The van der Waals surface area contributed by atoms with E-state index >= 15 is 0 Å². The van der Waals surface area contributed by atoms with Gasteiger partial charge in [-0.2, -0.15) is 0 Å². The van der Waals surface area contributed by atoms with Crippen LogP contribution in [0.25, 0.3) is 0 Å². The Morgan fingerprint density at radius 3 is 2.71 bits per heavy atom. The van der Waals surface area contributed by atoms with Crippen molar-refractivity contribution >= 4 is 5.97 Å². The lowest BCUT2D eigenvalue weighted by Gasteiger charge is -2.31. The Bertz CT molecular complexity index is 354. The monoisotopic (exact) mass is 200 g/mol.